The van der Waals surface area contributed by atoms with E-state index in [1.165, 1.54) is 0 Å². The molecule has 1 fully saturated rings. The Morgan fingerprint density at radius 3 is 3.10 bits per heavy atom. The summed E-state index contributed by atoms with van der Waals surface area (Å²) in [6.45, 7) is 3.16. The first kappa shape index (κ1) is 14.6. The highest BCUT2D eigenvalue weighted by Gasteiger charge is 2.15. The second-order valence-electron chi connectivity index (χ2n) is 4.43. The number of carbonyl (C=O) groups excluding carboxylic acids is 1. The standard InChI is InChI=1S/C14H20N2O4/c1-2-18-12-7-5-6-11(10-12)15-14(17)16-20-13-8-3-4-9-19-13/h5-7,10,13H,2-4,8-9H2,1H3,(H2,15,16,17). The molecule has 1 aliphatic rings. The van der Waals surface area contributed by atoms with Gasteiger partial charge < -0.3 is 14.8 Å². The predicted octanol–water partition coefficient (Wildman–Crippen LogP) is 2.67. The minimum Gasteiger partial charge on any atom is -0.494 e. The van der Waals surface area contributed by atoms with E-state index < -0.39 is 6.03 Å². The highest BCUT2D eigenvalue weighted by atomic mass is 16.8. The molecule has 6 heteroatoms. The van der Waals surface area contributed by atoms with E-state index in [0.717, 1.165) is 19.3 Å². The van der Waals surface area contributed by atoms with Gasteiger partial charge >= 0.3 is 6.03 Å². The third-order valence-electron chi connectivity index (χ3n) is 2.82. The molecule has 20 heavy (non-hydrogen) atoms. The summed E-state index contributed by atoms with van der Waals surface area (Å²) in [5, 5.41) is 2.67. The average molecular weight is 280 g/mol. The minimum absolute atomic E-state index is 0.357. The first-order valence-corrected chi connectivity index (χ1v) is 6.85. The van der Waals surface area contributed by atoms with Gasteiger partial charge in [-0.25, -0.2) is 15.1 Å². The fourth-order valence-corrected chi connectivity index (χ4v) is 1.91. The Morgan fingerprint density at radius 1 is 1.45 bits per heavy atom. The topological polar surface area (TPSA) is 68.8 Å². The van der Waals surface area contributed by atoms with Crippen LogP contribution in [0.4, 0.5) is 10.5 Å². The predicted molar refractivity (Wildman–Crippen MR) is 74.4 cm³/mol. The molecule has 1 atom stereocenters. The van der Waals surface area contributed by atoms with Gasteiger partial charge in [-0.1, -0.05) is 6.07 Å². The second kappa shape index (κ2) is 7.72. The maximum Gasteiger partial charge on any atom is 0.343 e. The fourth-order valence-electron chi connectivity index (χ4n) is 1.91. The third kappa shape index (κ3) is 4.71. The smallest absolute Gasteiger partial charge is 0.343 e. The Hall–Kier alpha value is -1.79. The Bertz CT molecular complexity index is 433. The van der Waals surface area contributed by atoms with E-state index >= 15 is 0 Å². The normalized spacial score (nSPS) is 18.4. The van der Waals surface area contributed by atoms with Crippen molar-refractivity contribution in [2.75, 3.05) is 18.5 Å². The molecule has 0 saturated carbocycles. The lowest BCUT2D eigenvalue weighted by Gasteiger charge is -2.22. The van der Waals surface area contributed by atoms with Crippen LogP contribution in [-0.4, -0.2) is 25.5 Å². The van der Waals surface area contributed by atoms with Crippen LogP contribution in [0.15, 0.2) is 24.3 Å². The lowest BCUT2D eigenvalue weighted by Crippen LogP contribution is -2.35. The van der Waals surface area contributed by atoms with E-state index in [1.807, 2.05) is 19.1 Å². The summed E-state index contributed by atoms with van der Waals surface area (Å²) in [7, 11) is 0. The molecule has 2 rings (SSSR count). The van der Waals surface area contributed by atoms with Crippen molar-refractivity contribution in [3.8, 4) is 5.75 Å². The molecular formula is C14H20N2O4. The molecule has 0 bridgehead atoms. The Balaban J connectivity index is 1.77. The Labute approximate surface area is 118 Å². The van der Waals surface area contributed by atoms with Gasteiger partial charge in [0.2, 0.25) is 0 Å². The van der Waals surface area contributed by atoms with Gasteiger partial charge in [0.25, 0.3) is 0 Å². The molecule has 2 amide bonds. The molecule has 6 nitrogen and oxygen atoms in total. The minimum atomic E-state index is -0.437. The van der Waals surface area contributed by atoms with Gasteiger partial charge in [-0.3, -0.25) is 0 Å². The molecule has 1 aromatic rings. The van der Waals surface area contributed by atoms with Crippen molar-refractivity contribution >= 4 is 11.7 Å². The number of carbonyl (C=O) groups is 1. The van der Waals surface area contributed by atoms with Crippen LogP contribution in [0.25, 0.3) is 0 Å². The molecule has 1 unspecified atom stereocenters. The van der Waals surface area contributed by atoms with Crippen molar-refractivity contribution < 1.29 is 19.1 Å². The average Bonchev–Trinajstić information content (AvgIpc) is 2.47. The summed E-state index contributed by atoms with van der Waals surface area (Å²) in [5.74, 6) is 0.710. The summed E-state index contributed by atoms with van der Waals surface area (Å²) in [4.78, 5) is 16.9. The van der Waals surface area contributed by atoms with Crippen LogP contribution >= 0.6 is 0 Å². The van der Waals surface area contributed by atoms with Gasteiger partial charge in [0.15, 0.2) is 6.29 Å². The van der Waals surface area contributed by atoms with Crippen LogP contribution < -0.4 is 15.5 Å². The number of urea groups is 1. The zero-order valence-corrected chi connectivity index (χ0v) is 11.6. The van der Waals surface area contributed by atoms with Crippen LogP contribution in [0.1, 0.15) is 26.2 Å². The van der Waals surface area contributed by atoms with Crippen molar-refractivity contribution in [1.82, 2.24) is 5.48 Å². The molecule has 0 aromatic heterocycles. The van der Waals surface area contributed by atoms with E-state index in [0.29, 0.717) is 24.7 Å². The maximum atomic E-state index is 11.7. The number of amides is 2. The molecule has 110 valence electrons. The number of ether oxygens (including phenoxy) is 2. The summed E-state index contributed by atoms with van der Waals surface area (Å²) in [6, 6.07) is 6.73. The highest BCUT2D eigenvalue weighted by Crippen LogP contribution is 2.17. The largest absolute Gasteiger partial charge is 0.494 e. The molecule has 2 N–H and O–H groups in total. The van der Waals surface area contributed by atoms with Gasteiger partial charge in [0.1, 0.15) is 5.75 Å². The summed E-state index contributed by atoms with van der Waals surface area (Å²) in [6.07, 6.45) is 2.52. The van der Waals surface area contributed by atoms with Crippen molar-refractivity contribution in [3.05, 3.63) is 24.3 Å². The maximum absolute atomic E-state index is 11.7. The Morgan fingerprint density at radius 2 is 2.35 bits per heavy atom. The molecule has 0 spiro atoms. The molecule has 1 aromatic carbocycles. The van der Waals surface area contributed by atoms with Gasteiger partial charge in [-0.05, 0) is 31.9 Å². The van der Waals surface area contributed by atoms with Crippen molar-refractivity contribution in [2.24, 2.45) is 0 Å². The number of anilines is 1. The number of hydrogen-bond acceptors (Lipinski definition) is 4. The van der Waals surface area contributed by atoms with Crippen LogP contribution in [0, 0.1) is 0 Å². The van der Waals surface area contributed by atoms with E-state index in [-0.39, 0.29) is 6.29 Å². The lowest BCUT2D eigenvalue weighted by atomic mass is 10.2. The van der Waals surface area contributed by atoms with Crippen LogP contribution in [0.2, 0.25) is 0 Å². The van der Waals surface area contributed by atoms with Crippen LogP contribution in [0.5, 0.6) is 5.75 Å². The number of hydroxylamine groups is 1. The van der Waals surface area contributed by atoms with Crippen molar-refractivity contribution in [2.45, 2.75) is 32.5 Å². The van der Waals surface area contributed by atoms with Crippen molar-refractivity contribution in [1.29, 1.82) is 0 Å². The molecule has 1 saturated heterocycles. The summed E-state index contributed by atoms with van der Waals surface area (Å²) in [5.41, 5.74) is 2.98. The molecule has 1 aliphatic heterocycles. The summed E-state index contributed by atoms with van der Waals surface area (Å²) >= 11 is 0. The second-order valence-corrected chi connectivity index (χ2v) is 4.43. The molecule has 0 aliphatic carbocycles. The van der Waals surface area contributed by atoms with Gasteiger partial charge in [0.05, 0.1) is 6.61 Å². The first-order chi connectivity index (χ1) is 9.78. The van der Waals surface area contributed by atoms with E-state index in [2.05, 4.69) is 10.8 Å². The van der Waals surface area contributed by atoms with Crippen LogP contribution in [-0.2, 0) is 9.57 Å². The Kier molecular flexibility index (Phi) is 5.64. The third-order valence-corrected chi connectivity index (χ3v) is 2.82. The highest BCUT2D eigenvalue weighted by molar-refractivity contribution is 5.88. The first-order valence-electron chi connectivity index (χ1n) is 6.85. The number of nitrogens with one attached hydrogen (secondary N) is 2. The fraction of sp³-hybridized carbons (Fsp3) is 0.500. The zero-order valence-electron chi connectivity index (χ0n) is 11.6. The lowest BCUT2D eigenvalue weighted by molar-refractivity contribution is -0.185. The molecule has 0 radical (unpaired) electrons. The molecular weight excluding hydrogens is 260 g/mol. The van der Waals surface area contributed by atoms with Crippen LogP contribution in [0.3, 0.4) is 0 Å². The summed E-state index contributed by atoms with van der Waals surface area (Å²) < 4.78 is 10.7. The zero-order chi connectivity index (χ0) is 14.2. The van der Waals surface area contributed by atoms with Crippen molar-refractivity contribution in [3.63, 3.8) is 0 Å². The number of rotatable bonds is 5. The van der Waals surface area contributed by atoms with Gasteiger partial charge in [-0.15, -0.1) is 0 Å². The monoisotopic (exact) mass is 280 g/mol. The molecule has 1 heterocycles. The number of hydrogen-bond donors (Lipinski definition) is 2. The van der Waals surface area contributed by atoms with Gasteiger partial charge in [0, 0.05) is 24.8 Å². The number of benzene rings is 1. The quantitative estimate of drug-likeness (QED) is 0.814. The SMILES string of the molecule is CCOc1cccc(NC(=O)NOC2CCCCO2)c1. The van der Waals surface area contributed by atoms with Gasteiger partial charge in [-0.2, -0.15) is 0 Å². The van der Waals surface area contributed by atoms with E-state index in [1.54, 1.807) is 12.1 Å². The van der Waals surface area contributed by atoms with E-state index in [4.69, 9.17) is 14.3 Å². The van der Waals surface area contributed by atoms with E-state index in [9.17, 15) is 4.79 Å².